The average molecular weight is 225 g/mol. The number of halogens is 1. The predicted octanol–water partition coefficient (Wildman–Crippen LogP) is 3.01. The maximum atomic E-state index is 10.5. The van der Waals surface area contributed by atoms with Crippen molar-refractivity contribution in [2.45, 2.75) is 0 Å². The number of rotatable bonds is 1. The van der Waals surface area contributed by atoms with E-state index < -0.39 is 0 Å². The summed E-state index contributed by atoms with van der Waals surface area (Å²) in [7, 11) is 0. The van der Waals surface area contributed by atoms with Gasteiger partial charge in [-0.05, 0) is 22.0 Å². The van der Waals surface area contributed by atoms with Gasteiger partial charge in [0, 0.05) is 5.39 Å². The Morgan fingerprint density at radius 1 is 1.42 bits per heavy atom. The maximum absolute atomic E-state index is 10.5. The van der Waals surface area contributed by atoms with E-state index in [-0.39, 0.29) is 0 Å². The molecule has 0 N–H and O–H groups in total. The zero-order valence-electron chi connectivity index (χ0n) is 6.08. The lowest BCUT2D eigenvalue weighted by molar-refractivity contribution is 0.112. The van der Waals surface area contributed by atoms with Crippen LogP contribution in [0.5, 0.6) is 0 Å². The summed E-state index contributed by atoms with van der Waals surface area (Å²) in [5, 5.41) is 0.847. The van der Waals surface area contributed by atoms with Crippen LogP contribution in [0.15, 0.2) is 33.4 Å². The van der Waals surface area contributed by atoms with Gasteiger partial charge in [0.05, 0.1) is 10.0 Å². The Balaban J connectivity index is 2.88. The van der Waals surface area contributed by atoms with Gasteiger partial charge in [0.1, 0.15) is 11.8 Å². The van der Waals surface area contributed by atoms with Crippen LogP contribution < -0.4 is 0 Å². The third kappa shape index (κ3) is 0.975. The number of aldehydes is 1. The van der Waals surface area contributed by atoms with E-state index in [9.17, 15) is 4.79 Å². The molecule has 0 spiro atoms. The van der Waals surface area contributed by atoms with Crippen LogP contribution in [-0.2, 0) is 0 Å². The van der Waals surface area contributed by atoms with Crippen molar-refractivity contribution < 1.29 is 9.21 Å². The van der Waals surface area contributed by atoms with Gasteiger partial charge in [0.2, 0.25) is 0 Å². The molecule has 0 aliphatic heterocycles. The average Bonchev–Trinajstić information content (AvgIpc) is 2.49. The van der Waals surface area contributed by atoms with Crippen molar-refractivity contribution in [1.29, 1.82) is 0 Å². The molecule has 60 valence electrons. The van der Waals surface area contributed by atoms with Crippen LogP contribution in [0.1, 0.15) is 10.4 Å². The summed E-state index contributed by atoms with van der Waals surface area (Å²) in [4.78, 5) is 10.5. The SMILES string of the molecule is O=Cc1coc2c(Br)cccc12. The zero-order valence-corrected chi connectivity index (χ0v) is 7.67. The van der Waals surface area contributed by atoms with E-state index in [4.69, 9.17) is 4.42 Å². The highest BCUT2D eigenvalue weighted by Gasteiger charge is 2.06. The Morgan fingerprint density at radius 3 is 3.00 bits per heavy atom. The number of benzene rings is 1. The van der Waals surface area contributed by atoms with Crippen molar-refractivity contribution in [3.63, 3.8) is 0 Å². The van der Waals surface area contributed by atoms with E-state index in [0.29, 0.717) is 5.56 Å². The zero-order chi connectivity index (χ0) is 8.55. The smallest absolute Gasteiger partial charge is 0.153 e. The molecule has 2 aromatic rings. The van der Waals surface area contributed by atoms with Crippen LogP contribution >= 0.6 is 15.9 Å². The van der Waals surface area contributed by atoms with E-state index in [1.807, 2.05) is 18.2 Å². The Bertz CT molecular complexity index is 431. The van der Waals surface area contributed by atoms with Gasteiger partial charge < -0.3 is 4.42 Å². The highest BCUT2D eigenvalue weighted by atomic mass is 79.9. The number of carbonyl (C=O) groups excluding carboxylic acids is 1. The molecule has 2 nitrogen and oxygen atoms in total. The molecule has 2 rings (SSSR count). The topological polar surface area (TPSA) is 30.2 Å². The predicted molar refractivity (Wildman–Crippen MR) is 49.3 cm³/mol. The number of hydrogen-bond donors (Lipinski definition) is 0. The minimum absolute atomic E-state index is 0.589. The van der Waals surface area contributed by atoms with Crippen LogP contribution in [-0.4, -0.2) is 6.29 Å². The van der Waals surface area contributed by atoms with E-state index in [1.54, 1.807) is 0 Å². The van der Waals surface area contributed by atoms with E-state index in [1.165, 1.54) is 6.26 Å². The third-order valence-electron chi connectivity index (χ3n) is 1.71. The first-order chi connectivity index (χ1) is 5.83. The Morgan fingerprint density at radius 2 is 2.25 bits per heavy atom. The molecule has 0 aliphatic carbocycles. The first kappa shape index (κ1) is 7.55. The van der Waals surface area contributed by atoms with Crippen molar-refractivity contribution in [3.05, 3.63) is 34.5 Å². The molecule has 0 aliphatic rings. The number of furan rings is 1. The van der Waals surface area contributed by atoms with Crippen molar-refractivity contribution in [3.8, 4) is 0 Å². The Labute approximate surface area is 77.3 Å². The van der Waals surface area contributed by atoms with E-state index >= 15 is 0 Å². The van der Waals surface area contributed by atoms with Crippen LogP contribution in [0.25, 0.3) is 11.0 Å². The van der Waals surface area contributed by atoms with Gasteiger partial charge in [-0.2, -0.15) is 0 Å². The molecule has 0 atom stereocenters. The molecule has 0 amide bonds. The molecule has 0 fully saturated rings. The van der Waals surface area contributed by atoms with E-state index in [2.05, 4.69) is 15.9 Å². The van der Waals surface area contributed by atoms with Crippen LogP contribution in [0.4, 0.5) is 0 Å². The third-order valence-corrected chi connectivity index (χ3v) is 2.33. The normalized spacial score (nSPS) is 10.4. The fraction of sp³-hybridized carbons (Fsp3) is 0. The van der Waals surface area contributed by atoms with Gasteiger partial charge in [-0.25, -0.2) is 0 Å². The molecule has 1 aromatic carbocycles. The van der Waals surface area contributed by atoms with Gasteiger partial charge in [0.15, 0.2) is 6.29 Å². The first-order valence-corrected chi connectivity index (χ1v) is 4.23. The second-order valence-corrected chi connectivity index (χ2v) is 3.28. The second-order valence-electron chi connectivity index (χ2n) is 2.43. The molecule has 1 heterocycles. The molecule has 0 saturated heterocycles. The summed E-state index contributed by atoms with van der Waals surface area (Å²) < 4.78 is 6.06. The van der Waals surface area contributed by atoms with Gasteiger partial charge in [-0.3, -0.25) is 4.79 Å². The molecular weight excluding hydrogens is 220 g/mol. The fourth-order valence-corrected chi connectivity index (χ4v) is 1.59. The molecule has 0 unspecified atom stereocenters. The lowest BCUT2D eigenvalue weighted by Crippen LogP contribution is -1.73. The molecule has 0 radical (unpaired) electrons. The van der Waals surface area contributed by atoms with Crippen LogP contribution in [0, 0.1) is 0 Å². The summed E-state index contributed by atoms with van der Waals surface area (Å²) >= 11 is 3.33. The monoisotopic (exact) mass is 224 g/mol. The summed E-state index contributed by atoms with van der Waals surface area (Å²) in [6.45, 7) is 0. The molecular formula is C9H5BrO2. The molecule has 3 heteroatoms. The molecule has 12 heavy (non-hydrogen) atoms. The first-order valence-electron chi connectivity index (χ1n) is 3.44. The summed E-state index contributed by atoms with van der Waals surface area (Å²) in [6, 6.07) is 5.60. The second kappa shape index (κ2) is 2.75. The molecule has 0 saturated carbocycles. The molecule has 0 bridgehead atoms. The number of para-hydroxylation sites is 1. The summed E-state index contributed by atoms with van der Waals surface area (Å²) in [5.41, 5.74) is 1.31. The minimum atomic E-state index is 0.589. The number of hydrogen-bond acceptors (Lipinski definition) is 2. The lowest BCUT2D eigenvalue weighted by atomic mass is 10.2. The minimum Gasteiger partial charge on any atom is -0.462 e. The largest absolute Gasteiger partial charge is 0.462 e. The van der Waals surface area contributed by atoms with Crippen LogP contribution in [0.3, 0.4) is 0 Å². The Hall–Kier alpha value is -1.09. The summed E-state index contributed by atoms with van der Waals surface area (Å²) in [5.74, 6) is 0. The van der Waals surface area contributed by atoms with Gasteiger partial charge >= 0.3 is 0 Å². The Kier molecular flexibility index (Phi) is 1.73. The standard InChI is InChI=1S/C9H5BrO2/c10-8-3-1-2-7-6(4-11)5-12-9(7)8/h1-5H. The van der Waals surface area contributed by atoms with Gasteiger partial charge in [-0.15, -0.1) is 0 Å². The van der Waals surface area contributed by atoms with Crippen molar-refractivity contribution >= 4 is 33.2 Å². The van der Waals surface area contributed by atoms with Crippen molar-refractivity contribution in [1.82, 2.24) is 0 Å². The molecule has 1 aromatic heterocycles. The highest BCUT2D eigenvalue weighted by molar-refractivity contribution is 9.10. The van der Waals surface area contributed by atoms with Gasteiger partial charge in [-0.1, -0.05) is 12.1 Å². The highest BCUT2D eigenvalue weighted by Crippen LogP contribution is 2.26. The fourth-order valence-electron chi connectivity index (χ4n) is 1.13. The van der Waals surface area contributed by atoms with E-state index in [0.717, 1.165) is 21.7 Å². The maximum Gasteiger partial charge on any atom is 0.153 e. The lowest BCUT2D eigenvalue weighted by Gasteiger charge is -1.90. The summed E-state index contributed by atoms with van der Waals surface area (Å²) in [6.07, 6.45) is 2.25. The van der Waals surface area contributed by atoms with Crippen molar-refractivity contribution in [2.24, 2.45) is 0 Å². The van der Waals surface area contributed by atoms with Crippen LogP contribution in [0.2, 0.25) is 0 Å². The van der Waals surface area contributed by atoms with Gasteiger partial charge in [0.25, 0.3) is 0 Å². The number of fused-ring (bicyclic) bond motifs is 1. The van der Waals surface area contributed by atoms with Crippen molar-refractivity contribution in [2.75, 3.05) is 0 Å². The quantitative estimate of drug-likeness (QED) is 0.698. The number of carbonyl (C=O) groups is 1.